The molecule has 0 spiro atoms. The molecule has 2 aliphatic rings. The lowest BCUT2D eigenvalue weighted by Crippen LogP contribution is -2.79. The molecule has 3 rings (SSSR count). The van der Waals surface area contributed by atoms with E-state index in [4.69, 9.17) is 15.7 Å². The number of rotatable bonds is 9. The van der Waals surface area contributed by atoms with Crippen LogP contribution in [-0.2, 0) is 28.9 Å². The summed E-state index contributed by atoms with van der Waals surface area (Å²) in [6, 6.07) is -1.25. The van der Waals surface area contributed by atoms with Crippen LogP contribution in [0.2, 0.25) is 0 Å². The minimum Gasteiger partial charge on any atom is -0.479 e. The van der Waals surface area contributed by atoms with E-state index in [1.54, 1.807) is 0 Å². The summed E-state index contributed by atoms with van der Waals surface area (Å²) in [6.45, 7) is 1.99. The number of nitrogen functional groups attached to an aromatic ring is 1. The molecule has 1 aromatic rings. The van der Waals surface area contributed by atoms with Crippen LogP contribution in [0.25, 0.3) is 0 Å². The first-order chi connectivity index (χ1) is 15.2. The minimum atomic E-state index is -3.24. The van der Waals surface area contributed by atoms with Crippen LogP contribution in [0.15, 0.2) is 10.5 Å². The lowest BCUT2D eigenvalue weighted by Gasteiger charge is -2.56. The molecule has 16 heteroatoms. The first-order valence-corrected chi connectivity index (χ1v) is 10.1. The molecule has 13 nitrogen and oxygen atoms in total. The van der Waals surface area contributed by atoms with Gasteiger partial charge >= 0.3 is 11.9 Å². The van der Waals surface area contributed by atoms with E-state index in [1.165, 1.54) is 19.2 Å². The number of hydrogen-bond acceptors (Lipinski definition) is 10. The lowest BCUT2D eigenvalue weighted by atomic mass is 9.76. The summed E-state index contributed by atoms with van der Waals surface area (Å²) in [5.41, 5.74) is 1.45. The summed E-state index contributed by atoms with van der Waals surface area (Å²) in [4.78, 5) is 61.2. The van der Waals surface area contributed by atoms with Crippen molar-refractivity contribution in [2.45, 2.75) is 49.8 Å². The number of carbonyl (C=O) groups is 4. The number of amides is 2. The number of nitrogens with zero attached hydrogens (tertiary/aromatic N) is 3. The van der Waals surface area contributed by atoms with Crippen LogP contribution in [0, 0.1) is 0 Å². The Balaban J connectivity index is 1.74. The number of oxime groups is 1. The normalized spacial score (nSPS) is 22.7. The van der Waals surface area contributed by atoms with Crippen molar-refractivity contribution in [1.82, 2.24) is 15.4 Å². The highest BCUT2D eigenvalue weighted by Crippen LogP contribution is 2.50. The molecule has 2 heterocycles. The number of aromatic nitrogens is 1. The van der Waals surface area contributed by atoms with Gasteiger partial charge in [0.05, 0.1) is 18.4 Å². The number of thiazole rings is 1. The number of carboxylic acid groups (broad SMARTS) is 2. The van der Waals surface area contributed by atoms with E-state index in [-0.39, 0.29) is 10.8 Å². The number of carboxylic acids is 2. The maximum absolute atomic E-state index is 13.3. The molecule has 1 aliphatic carbocycles. The third kappa shape index (κ3) is 4.56. The Kier molecular flexibility index (Phi) is 6.01. The number of aliphatic carboxylic acids is 2. The van der Waals surface area contributed by atoms with Crippen LogP contribution in [0.1, 0.15) is 32.4 Å². The van der Waals surface area contributed by atoms with Crippen LogP contribution < -0.4 is 11.1 Å². The summed E-state index contributed by atoms with van der Waals surface area (Å²) < 4.78 is 26.7. The first kappa shape index (κ1) is 24.2. The number of carbonyl (C=O) groups excluding carboxylic acids is 2. The SMILES string of the molecule is CC1(C)C(NC(=O)C(=NOCC(=O)O)c2csc(N)n2)C(=O)N1OC1(C(=O)O)CC(F)(F)C1. The first-order valence-electron chi connectivity index (χ1n) is 9.27. The van der Waals surface area contributed by atoms with Crippen molar-refractivity contribution in [3.63, 3.8) is 0 Å². The van der Waals surface area contributed by atoms with Crippen molar-refractivity contribution in [2.24, 2.45) is 5.16 Å². The monoisotopic (exact) mass is 491 g/mol. The Labute approximate surface area is 188 Å². The number of hydrogen-bond donors (Lipinski definition) is 4. The highest BCUT2D eigenvalue weighted by Gasteiger charge is 2.68. The predicted molar refractivity (Wildman–Crippen MR) is 105 cm³/mol. The van der Waals surface area contributed by atoms with Crippen LogP contribution in [-0.4, -0.2) is 79.4 Å². The molecule has 0 bridgehead atoms. The van der Waals surface area contributed by atoms with Gasteiger partial charge in [0.15, 0.2) is 10.8 Å². The van der Waals surface area contributed by atoms with Gasteiger partial charge in [-0.2, -0.15) is 0 Å². The zero-order valence-electron chi connectivity index (χ0n) is 17.2. The second kappa shape index (κ2) is 8.18. The van der Waals surface area contributed by atoms with Gasteiger partial charge < -0.3 is 26.1 Å². The quantitative estimate of drug-likeness (QED) is 0.204. The largest absolute Gasteiger partial charge is 0.479 e. The number of halogens is 2. The average molecular weight is 491 g/mol. The van der Waals surface area contributed by atoms with Crippen molar-refractivity contribution >= 4 is 45.9 Å². The van der Waals surface area contributed by atoms with Gasteiger partial charge in [0.1, 0.15) is 11.7 Å². The third-order valence-electron chi connectivity index (χ3n) is 5.02. The van der Waals surface area contributed by atoms with Gasteiger partial charge in [-0.25, -0.2) is 28.4 Å². The topological polar surface area (TPSA) is 194 Å². The number of nitrogens with one attached hydrogen (secondary N) is 1. The summed E-state index contributed by atoms with van der Waals surface area (Å²) >= 11 is 0.969. The van der Waals surface area contributed by atoms with Crippen molar-refractivity contribution in [3.05, 3.63) is 11.1 Å². The van der Waals surface area contributed by atoms with Crippen molar-refractivity contribution < 1.29 is 47.8 Å². The van der Waals surface area contributed by atoms with E-state index in [0.717, 1.165) is 11.3 Å². The van der Waals surface area contributed by atoms with Crippen LogP contribution in [0.4, 0.5) is 13.9 Å². The highest BCUT2D eigenvalue weighted by molar-refractivity contribution is 7.13. The summed E-state index contributed by atoms with van der Waals surface area (Å²) in [5.74, 6) is -8.09. The standard InChI is InChI=1S/C17H19F2N5O8S/c1-15(2)10(12(28)24(15)32-16(13(29)30)5-17(18,19)6-16)22-11(27)9(23-31-3-8(25)26)7-4-33-14(20)21-7/h4,10H,3,5-6H2,1-2H3,(H2,20,21)(H,22,27)(H,25,26)(H,29,30). The molecule has 1 unspecified atom stereocenters. The maximum Gasteiger partial charge on any atom is 0.344 e. The van der Waals surface area contributed by atoms with E-state index >= 15 is 0 Å². The zero-order chi connectivity index (χ0) is 24.8. The molecule has 1 saturated carbocycles. The van der Waals surface area contributed by atoms with E-state index in [2.05, 4.69) is 20.3 Å². The molecule has 1 aromatic heterocycles. The van der Waals surface area contributed by atoms with Crippen LogP contribution in [0.3, 0.4) is 0 Å². The Morgan fingerprint density at radius 3 is 2.45 bits per heavy atom. The fraction of sp³-hybridized carbons (Fsp3) is 0.529. The summed E-state index contributed by atoms with van der Waals surface area (Å²) in [7, 11) is 0. The molecule has 1 atom stereocenters. The molecule has 0 aromatic carbocycles. The van der Waals surface area contributed by atoms with Gasteiger partial charge in [0.2, 0.25) is 12.2 Å². The smallest absolute Gasteiger partial charge is 0.344 e. The number of β-lactam (4-membered cyclic amide) rings is 1. The highest BCUT2D eigenvalue weighted by atomic mass is 32.1. The molecular formula is C17H19F2N5O8S. The Hall–Kier alpha value is -3.40. The van der Waals surface area contributed by atoms with Gasteiger partial charge in [0.25, 0.3) is 17.7 Å². The molecular weight excluding hydrogens is 472 g/mol. The fourth-order valence-corrected chi connectivity index (χ4v) is 3.87. The van der Waals surface area contributed by atoms with Gasteiger partial charge in [-0.15, -0.1) is 11.3 Å². The third-order valence-corrected chi connectivity index (χ3v) is 5.69. The molecule has 180 valence electrons. The van der Waals surface area contributed by atoms with Crippen molar-refractivity contribution in [2.75, 3.05) is 12.3 Å². The Morgan fingerprint density at radius 1 is 1.36 bits per heavy atom. The Morgan fingerprint density at radius 2 is 2.00 bits per heavy atom. The molecule has 2 amide bonds. The Bertz CT molecular complexity index is 1030. The van der Waals surface area contributed by atoms with Crippen LogP contribution in [0.5, 0.6) is 0 Å². The van der Waals surface area contributed by atoms with Crippen molar-refractivity contribution in [3.8, 4) is 0 Å². The number of alkyl halides is 2. The molecule has 2 fully saturated rings. The fourth-order valence-electron chi connectivity index (χ4n) is 3.32. The maximum atomic E-state index is 13.3. The number of hydroxylamine groups is 2. The summed E-state index contributed by atoms with van der Waals surface area (Å²) in [5, 5.41) is 25.9. The molecule has 5 N–H and O–H groups in total. The van der Waals surface area contributed by atoms with Crippen molar-refractivity contribution in [1.29, 1.82) is 0 Å². The molecule has 1 saturated heterocycles. The second-order valence-electron chi connectivity index (χ2n) is 7.97. The van der Waals surface area contributed by atoms with Crippen LogP contribution >= 0.6 is 11.3 Å². The van der Waals surface area contributed by atoms with Gasteiger partial charge in [-0.05, 0) is 13.8 Å². The molecule has 0 radical (unpaired) electrons. The van der Waals surface area contributed by atoms with Gasteiger partial charge in [0, 0.05) is 5.38 Å². The molecule has 1 aliphatic heterocycles. The van der Waals surface area contributed by atoms with E-state index < -0.39 is 72.0 Å². The predicted octanol–water partition coefficient (Wildman–Crippen LogP) is -0.180. The van der Waals surface area contributed by atoms with E-state index in [1.807, 2.05) is 0 Å². The molecule has 33 heavy (non-hydrogen) atoms. The average Bonchev–Trinajstić information content (AvgIpc) is 3.10. The number of anilines is 1. The summed E-state index contributed by atoms with van der Waals surface area (Å²) in [6.07, 6.45) is -2.20. The lowest BCUT2D eigenvalue weighted by molar-refractivity contribution is -0.344. The zero-order valence-corrected chi connectivity index (χ0v) is 18.0. The van der Waals surface area contributed by atoms with Gasteiger partial charge in [-0.1, -0.05) is 5.16 Å². The minimum absolute atomic E-state index is 0.0420. The van der Waals surface area contributed by atoms with E-state index in [9.17, 15) is 33.1 Å². The second-order valence-corrected chi connectivity index (χ2v) is 8.86. The number of nitrogens with two attached hydrogens (primary N) is 1. The van der Waals surface area contributed by atoms with E-state index in [0.29, 0.717) is 5.06 Å². The van der Waals surface area contributed by atoms with Gasteiger partial charge in [-0.3, -0.25) is 14.4 Å².